The first kappa shape index (κ1) is 20.0. The SMILES string of the molecule is COC(=O)[C@H](Cc1ccc(OC2CC(O)C2)cc1)NC(=O)OC(C)(C)C. The summed E-state index contributed by atoms with van der Waals surface area (Å²) in [5.74, 6) is 0.167. The molecule has 144 valence electrons. The van der Waals surface area contributed by atoms with Gasteiger partial charge < -0.3 is 24.6 Å². The number of nitrogens with one attached hydrogen (secondary N) is 1. The van der Waals surface area contributed by atoms with E-state index in [-0.39, 0.29) is 18.6 Å². The highest BCUT2D eigenvalue weighted by atomic mass is 16.6. The van der Waals surface area contributed by atoms with Gasteiger partial charge in [-0.3, -0.25) is 0 Å². The molecule has 0 bridgehead atoms. The monoisotopic (exact) mass is 365 g/mol. The summed E-state index contributed by atoms with van der Waals surface area (Å²) in [5, 5.41) is 11.8. The van der Waals surface area contributed by atoms with E-state index in [4.69, 9.17) is 14.2 Å². The molecule has 2 rings (SSSR count). The molecule has 1 aliphatic rings. The highest BCUT2D eigenvalue weighted by Gasteiger charge is 2.29. The second-order valence-corrected chi connectivity index (χ2v) is 7.44. The van der Waals surface area contributed by atoms with Gasteiger partial charge in [0.2, 0.25) is 0 Å². The molecule has 1 aromatic carbocycles. The second-order valence-electron chi connectivity index (χ2n) is 7.44. The van der Waals surface area contributed by atoms with Gasteiger partial charge in [0.25, 0.3) is 0 Å². The number of carbonyl (C=O) groups is 2. The van der Waals surface area contributed by atoms with E-state index in [9.17, 15) is 14.7 Å². The zero-order valence-corrected chi connectivity index (χ0v) is 15.7. The molecule has 0 aromatic heterocycles. The Morgan fingerprint density at radius 3 is 2.35 bits per heavy atom. The first-order valence-electron chi connectivity index (χ1n) is 8.67. The van der Waals surface area contributed by atoms with Gasteiger partial charge in [-0.25, -0.2) is 9.59 Å². The van der Waals surface area contributed by atoms with Crippen molar-refractivity contribution in [3.63, 3.8) is 0 Å². The first-order valence-corrected chi connectivity index (χ1v) is 8.67. The Bertz CT molecular complexity index is 616. The number of esters is 1. The van der Waals surface area contributed by atoms with Crippen molar-refractivity contribution in [3.05, 3.63) is 29.8 Å². The van der Waals surface area contributed by atoms with Crippen molar-refractivity contribution in [2.45, 2.75) is 63.9 Å². The smallest absolute Gasteiger partial charge is 0.408 e. The second kappa shape index (κ2) is 8.40. The Morgan fingerprint density at radius 2 is 1.85 bits per heavy atom. The van der Waals surface area contributed by atoms with Gasteiger partial charge in [-0.2, -0.15) is 0 Å². The van der Waals surface area contributed by atoms with Crippen LogP contribution in [-0.4, -0.2) is 48.1 Å². The number of alkyl carbamates (subject to hydrolysis) is 1. The topological polar surface area (TPSA) is 94.1 Å². The van der Waals surface area contributed by atoms with E-state index in [0.29, 0.717) is 18.6 Å². The zero-order chi connectivity index (χ0) is 19.3. The predicted molar refractivity (Wildman–Crippen MR) is 95.0 cm³/mol. The van der Waals surface area contributed by atoms with E-state index < -0.39 is 23.7 Å². The van der Waals surface area contributed by atoms with Crippen LogP contribution in [0.3, 0.4) is 0 Å². The summed E-state index contributed by atoms with van der Waals surface area (Å²) < 4.78 is 15.7. The van der Waals surface area contributed by atoms with Crippen molar-refractivity contribution >= 4 is 12.1 Å². The fourth-order valence-corrected chi connectivity index (χ4v) is 2.55. The summed E-state index contributed by atoms with van der Waals surface area (Å²) >= 11 is 0. The van der Waals surface area contributed by atoms with Gasteiger partial charge in [-0.05, 0) is 38.5 Å². The molecule has 0 radical (unpaired) electrons. The fraction of sp³-hybridized carbons (Fsp3) is 0.579. The quantitative estimate of drug-likeness (QED) is 0.751. The van der Waals surface area contributed by atoms with Crippen LogP contribution >= 0.6 is 0 Å². The van der Waals surface area contributed by atoms with E-state index in [0.717, 1.165) is 5.56 Å². The number of hydrogen-bond acceptors (Lipinski definition) is 6. The van der Waals surface area contributed by atoms with Crippen LogP contribution in [-0.2, 0) is 20.7 Å². The molecule has 1 saturated carbocycles. The van der Waals surface area contributed by atoms with E-state index in [2.05, 4.69) is 5.32 Å². The van der Waals surface area contributed by atoms with Gasteiger partial charge >= 0.3 is 12.1 Å². The van der Waals surface area contributed by atoms with E-state index in [1.807, 2.05) is 24.3 Å². The van der Waals surface area contributed by atoms with Crippen LogP contribution in [0.15, 0.2) is 24.3 Å². The van der Waals surface area contributed by atoms with Gasteiger partial charge in [-0.15, -0.1) is 0 Å². The maximum absolute atomic E-state index is 12.0. The van der Waals surface area contributed by atoms with Crippen molar-refractivity contribution in [1.82, 2.24) is 5.32 Å². The molecule has 1 atom stereocenters. The molecule has 0 unspecified atom stereocenters. The largest absolute Gasteiger partial charge is 0.490 e. The van der Waals surface area contributed by atoms with Crippen molar-refractivity contribution in [3.8, 4) is 5.75 Å². The number of benzene rings is 1. The number of aliphatic hydroxyl groups is 1. The maximum atomic E-state index is 12.0. The predicted octanol–water partition coefficient (Wildman–Crippen LogP) is 2.20. The van der Waals surface area contributed by atoms with Crippen LogP contribution in [0.4, 0.5) is 4.79 Å². The third-order valence-electron chi connectivity index (χ3n) is 3.91. The Labute approximate surface area is 153 Å². The number of carbonyl (C=O) groups excluding carboxylic acids is 2. The molecular weight excluding hydrogens is 338 g/mol. The molecule has 0 spiro atoms. The summed E-state index contributed by atoms with van der Waals surface area (Å²) in [4.78, 5) is 23.9. The van der Waals surface area contributed by atoms with Crippen LogP contribution < -0.4 is 10.1 Å². The summed E-state index contributed by atoms with van der Waals surface area (Å²) in [6.07, 6.45) is 0.676. The average molecular weight is 365 g/mol. The summed E-state index contributed by atoms with van der Waals surface area (Å²) in [5.41, 5.74) is 0.191. The number of rotatable bonds is 6. The van der Waals surface area contributed by atoms with Crippen LogP contribution in [0.2, 0.25) is 0 Å². The number of methoxy groups -OCH3 is 1. The van der Waals surface area contributed by atoms with Crippen LogP contribution in [0.25, 0.3) is 0 Å². The minimum absolute atomic E-state index is 0.0486. The van der Waals surface area contributed by atoms with Crippen molar-refractivity contribution in [1.29, 1.82) is 0 Å². The Morgan fingerprint density at radius 1 is 1.23 bits per heavy atom. The molecular formula is C19H27NO6. The molecule has 1 aromatic rings. The van der Waals surface area contributed by atoms with Gasteiger partial charge in [0.1, 0.15) is 23.5 Å². The minimum Gasteiger partial charge on any atom is -0.490 e. The molecule has 7 nitrogen and oxygen atoms in total. The fourth-order valence-electron chi connectivity index (χ4n) is 2.55. The highest BCUT2D eigenvalue weighted by Crippen LogP contribution is 2.26. The van der Waals surface area contributed by atoms with Gasteiger partial charge in [0.15, 0.2) is 0 Å². The van der Waals surface area contributed by atoms with Crippen LogP contribution in [0, 0.1) is 0 Å². The van der Waals surface area contributed by atoms with Crippen LogP contribution in [0.1, 0.15) is 39.2 Å². The van der Waals surface area contributed by atoms with Gasteiger partial charge in [-0.1, -0.05) is 12.1 Å². The summed E-state index contributed by atoms with van der Waals surface area (Å²) in [7, 11) is 1.27. The lowest BCUT2D eigenvalue weighted by Gasteiger charge is -2.31. The third-order valence-corrected chi connectivity index (χ3v) is 3.91. The van der Waals surface area contributed by atoms with Crippen molar-refractivity contribution < 1.29 is 28.9 Å². The first-order chi connectivity index (χ1) is 12.2. The number of amides is 1. The zero-order valence-electron chi connectivity index (χ0n) is 15.7. The highest BCUT2D eigenvalue weighted by molar-refractivity contribution is 5.81. The standard InChI is InChI=1S/C19H27NO6/c1-19(2,3)26-18(23)20-16(17(22)24-4)9-12-5-7-14(8-6-12)25-15-10-13(21)11-15/h5-8,13,15-16,21H,9-11H2,1-4H3,(H,20,23)/t13?,15?,16-/m0/s1. The Balaban J connectivity index is 1.94. The Hall–Kier alpha value is -2.28. The molecule has 1 amide bonds. The number of ether oxygens (including phenoxy) is 3. The van der Waals surface area contributed by atoms with Gasteiger partial charge in [0, 0.05) is 19.3 Å². The molecule has 7 heteroatoms. The summed E-state index contributed by atoms with van der Waals surface area (Å²) in [6.45, 7) is 5.25. The lowest BCUT2D eigenvalue weighted by molar-refractivity contribution is -0.143. The molecule has 1 fully saturated rings. The van der Waals surface area contributed by atoms with Crippen molar-refractivity contribution in [2.24, 2.45) is 0 Å². The molecule has 0 aliphatic heterocycles. The number of hydrogen-bond donors (Lipinski definition) is 2. The summed E-state index contributed by atoms with van der Waals surface area (Å²) in [6, 6.07) is 6.43. The minimum atomic E-state index is -0.844. The van der Waals surface area contributed by atoms with Gasteiger partial charge in [0.05, 0.1) is 13.2 Å². The lowest BCUT2D eigenvalue weighted by atomic mass is 9.92. The van der Waals surface area contributed by atoms with E-state index in [1.54, 1.807) is 20.8 Å². The Kier molecular flexibility index (Phi) is 6.47. The molecule has 0 saturated heterocycles. The normalized spacial score (nSPS) is 20.5. The van der Waals surface area contributed by atoms with Crippen molar-refractivity contribution in [2.75, 3.05) is 7.11 Å². The molecule has 2 N–H and O–H groups in total. The van der Waals surface area contributed by atoms with E-state index in [1.165, 1.54) is 7.11 Å². The molecule has 26 heavy (non-hydrogen) atoms. The average Bonchev–Trinajstić information content (AvgIpc) is 2.52. The number of aliphatic hydroxyl groups excluding tert-OH is 1. The molecule has 1 aliphatic carbocycles. The lowest BCUT2D eigenvalue weighted by Crippen LogP contribution is -2.45. The van der Waals surface area contributed by atoms with E-state index >= 15 is 0 Å². The van der Waals surface area contributed by atoms with Crippen LogP contribution in [0.5, 0.6) is 5.75 Å². The maximum Gasteiger partial charge on any atom is 0.408 e. The third kappa shape index (κ3) is 6.22. The molecule has 0 heterocycles.